The van der Waals surface area contributed by atoms with E-state index in [2.05, 4.69) is 10.3 Å². The van der Waals surface area contributed by atoms with E-state index in [4.69, 9.17) is 21.1 Å². The number of benzene rings is 3. The molecule has 33 heavy (non-hydrogen) atoms. The summed E-state index contributed by atoms with van der Waals surface area (Å²) in [6, 6.07) is 15.4. The van der Waals surface area contributed by atoms with Crippen molar-refractivity contribution >= 4 is 34.5 Å². The fourth-order valence-corrected chi connectivity index (χ4v) is 4.01. The van der Waals surface area contributed by atoms with Crippen molar-refractivity contribution in [2.24, 2.45) is 0 Å². The molecule has 1 heterocycles. The molecule has 0 radical (unpaired) electrons. The van der Waals surface area contributed by atoms with Gasteiger partial charge in [-0.1, -0.05) is 29.8 Å². The zero-order valence-electron chi connectivity index (χ0n) is 17.3. The molecule has 0 aliphatic heterocycles. The van der Waals surface area contributed by atoms with E-state index in [0.717, 1.165) is 0 Å². The van der Waals surface area contributed by atoms with E-state index in [1.54, 1.807) is 35.7 Å². The number of amides is 1. The van der Waals surface area contributed by atoms with Crippen molar-refractivity contribution in [1.82, 2.24) is 4.98 Å². The van der Waals surface area contributed by atoms with Crippen molar-refractivity contribution in [3.63, 3.8) is 0 Å². The molecule has 0 bridgehead atoms. The number of carbonyl (C=O) groups is 1. The lowest BCUT2D eigenvalue weighted by atomic mass is 10.2. The predicted octanol–water partition coefficient (Wildman–Crippen LogP) is 6.58. The van der Waals surface area contributed by atoms with Gasteiger partial charge in [-0.3, -0.25) is 4.79 Å². The average Bonchev–Trinajstić information content (AvgIpc) is 3.31. The Hall–Kier alpha value is -3.49. The first kappa shape index (κ1) is 22.7. The first-order valence-electron chi connectivity index (χ1n) is 9.71. The van der Waals surface area contributed by atoms with Crippen molar-refractivity contribution in [2.75, 3.05) is 12.4 Å². The number of rotatable bonds is 7. The van der Waals surface area contributed by atoms with Gasteiger partial charge in [-0.2, -0.15) is 0 Å². The highest BCUT2D eigenvalue weighted by atomic mass is 35.5. The molecule has 168 valence electrons. The molecule has 5 nitrogen and oxygen atoms in total. The Labute approximate surface area is 197 Å². The van der Waals surface area contributed by atoms with Crippen molar-refractivity contribution < 1.29 is 23.0 Å². The first-order chi connectivity index (χ1) is 16.0. The van der Waals surface area contributed by atoms with Gasteiger partial charge in [-0.05, 0) is 42.5 Å². The SMILES string of the molecule is COc1cc(-c2nc(C(=O)Nc3ccccc3F)cs2)ccc1OCc1c(F)cccc1Cl. The van der Waals surface area contributed by atoms with Crippen LogP contribution in [0.15, 0.2) is 66.0 Å². The van der Waals surface area contributed by atoms with Crippen LogP contribution in [0.3, 0.4) is 0 Å². The highest BCUT2D eigenvalue weighted by molar-refractivity contribution is 7.13. The minimum Gasteiger partial charge on any atom is -0.493 e. The number of aromatic nitrogens is 1. The number of anilines is 1. The molecule has 1 N–H and O–H groups in total. The summed E-state index contributed by atoms with van der Waals surface area (Å²) in [6.45, 7) is -0.0706. The fourth-order valence-electron chi connectivity index (χ4n) is 3.00. The van der Waals surface area contributed by atoms with Gasteiger partial charge in [0.15, 0.2) is 11.5 Å². The summed E-state index contributed by atoms with van der Waals surface area (Å²) in [5, 5.41) is 4.93. The summed E-state index contributed by atoms with van der Waals surface area (Å²) >= 11 is 7.31. The topological polar surface area (TPSA) is 60.5 Å². The second-order valence-electron chi connectivity index (χ2n) is 6.83. The molecular formula is C24H17ClF2N2O3S. The average molecular weight is 487 g/mol. The van der Waals surface area contributed by atoms with E-state index >= 15 is 0 Å². The number of carbonyl (C=O) groups excluding carboxylic acids is 1. The summed E-state index contributed by atoms with van der Waals surface area (Å²) < 4.78 is 38.9. The number of nitrogens with zero attached hydrogens (tertiary/aromatic N) is 1. The molecule has 1 amide bonds. The minimum absolute atomic E-state index is 0.0706. The minimum atomic E-state index is -0.529. The maximum atomic E-state index is 14.0. The molecule has 0 aliphatic rings. The van der Waals surface area contributed by atoms with Crippen molar-refractivity contribution in [1.29, 1.82) is 0 Å². The summed E-state index contributed by atoms with van der Waals surface area (Å²) in [4.78, 5) is 16.8. The Morgan fingerprint density at radius 3 is 2.61 bits per heavy atom. The normalized spacial score (nSPS) is 10.7. The van der Waals surface area contributed by atoms with Crippen molar-refractivity contribution in [2.45, 2.75) is 6.61 Å². The molecule has 0 fully saturated rings. The third kappa shape index (κ3) is 5.13. The molecule has 0 atom stereocenters. The van der Waals surface area contributed by atoms with Crippen LogP contribution in [-0.4, -0.2) is 18.0 Å². The highest BCUT2D eigenvalue weighted by Crippen LogP contribution is 2.35. The predicted molar refractivity (Wildman–Crippen MR) is 124 cm³/mol. The van der Waals surface area contributed by atoms with Crippen LogP contribution < -0.4 is 14.8 Å². The number of ether oxygens (including phenoxy) is 2. The zero-order chi connectivity index (χ0) is 23.4. The van der Waals surface area contributed by atoms with Crippen LogP contribution in [0.1, 0.15) is 16.1 Å². The van der Waals surface area contributed by atoms with E-state index in [1.807, 2.05) is 0 Å². The van der Waals surface area contributed by atoms with Crippen molar-refractivity contribution in [3.8, 4) is 22.1 Å². The molecule has 0 aliphatic carbocycles. The number of hydrogen-bond donors (Lipinski definition) is 1. The molecule has 0 saturated carbocycles. The number of thiazole rings is 1. The molecule has 1 aromatic heterocycles. The second-order valence-corrected chi connectivity index (χ2v) is 8.09. The van der Waals surface area contributed by atoms with Crippen LogP contribution in [0.2, 0.25) is 5.02 Å². The van der Waals surface area contributed by atoms with Gasteiger partial charge in [-0.25, -0.2) is 13.8 Å². The Morgan fingerprint density at radius 1 is 1.06 bits per heavy atom. The molecule has 0 unspecified atom stereocenters. The number of halogens is 3. The van der Waals surface area contributed by atoms with Crippen LogP contribution >= 0.6 is 22.9 Å². The van der Waals surface area contributed by atoms with Gasteiger partial charge in [0.25, 0.3) is 5.91 Å². The van der Waals surface area contributed by atoms with E-state index in [1.165, 1.54) is 48.8 Å². The smallest absolute Gasteiger partial charge is 0.275 e. The first-order valence-corrected chi connectivity index (χ1v) is 11.0. The highest BCUT2D eigenvalue weighted by Gasteiger charge is 2.16. The molecule has 0 saturated heterocycles. The Kier molecular flexibility index (Phi) is 6.86. The van der Waals surface area contributed by atoms with E-state index in [-0.39, 0.29) is 28.6 Å². The quantitative estimate of drug-likeness (QED) is 0.320. The van der Waals surface area contributed by atoms with Gasteiger partial charge >= 0.3 is 0 Å². The van der Waals surface area contributed by atoms with Gasteiger partial charge in [0.1, 0.15) is 28.9 Å². The van der Waals surface area contributed by atoms with Gasteiger partial charge in [0.05, 0.1) is 17.8 Å². The zero-order valence-corrected chi connectivity index (χ0v) is 18.8. The number of methoxy groups -OCH3 is 1. The lowest BCUT2D eigenvalue weighted by molar-refractivity contribution is 0.102. The van der Waals surface area contributed by atoms with Crippen LogP contribution in [0.25, 0.3) is 10.6 Å². The van der Waals surface area contributed by atoms with E-state index in [0.29, 0.717) is 22.1 Å². The van der Waals surface area contributed by atoms with Crippen LogP contribution in [0.4, 0.5) is 14.5 Å². The standard InChI is InChI=1S/C24H17ClF2N2O3S/c1-31-22-11-14(9-10-21(22)32-12-15-16(25)5-4-7-17(15)26)24-29-20(13-33-24)23(30)28-19-8-3-2-6-18(19)27/h2-11,13H,12H2,1H3,(H,28,30). The third-order valence-corrected chi connectivity index (χ3v) is 5.95. The third-order valence-electron chi connectivity index (χ3n) is 4.70. The maximum absolute atomic E-state index is 14.0. The maximum Gasteiger partial charge on any atom is 0.275 e. The molecule has 3 aromatic carbocycles. The van der Waals surface area contributed by atoms with Gasteiger partial charge < -0.3 is 14.8 Å². The van der Waals surface area contributed by atoms with E-state index < -0.39 is 17.5 Å². The summed E-state index contributed by atoms with van der Waals surface area (Å²) in [7, 11) is 1.48. The number of nitrogens with one attached hydrogen (secondary N) is 1. The molecule has 4 aromatic rings. The Balaban J connectivity index is 1.50. The van der Waals surface area contributed by atoms with Crippen LogP contribution in [0, 0.1) is 11.6 Å². The molecule has 0 spiro atoms. The summed E-state index contributed by atoms with van der Waals surface area (Å²) in [6.07, 6.45) is 0. The Morgan fingerprint density at radius 2 is 1.85 bits per heavy atom. The lowest BCUT2D eigenvalue weighted by Crippen LogP contribution is -2.13. The second kappa shape index (κ2) is 9.97. The van der Waals surface area contributed by atoms with Crippen molar-refractivity contribution in [3.05, 3.63) is 94.0 Å². The largest absolute Gasteiger partial charge is 0.493 e. The number of hydrogen-bond acceptors (Lipinski definition) is 5. The Bertz CT molecular complexity index is 1290. The molecular weight excluding hydrogens is 470 g/mol. The van der Waals surface area contributed by atoms with Gasteiger partial charge in [0.2, 0.25) is 0 Å². The van der Waals surface area contributed by atoms with Crippen LogP contribution in [0.5, 0.6) is 11.5 Å². The van der Waals surface area contributed by atoms with Gasteiger partial charge in [0, 0.05) is 16.5 Å². The molecule has 9 heteroatoms. The number of para-hydroxylation sites is 1. The lowest BCUT2D eigenvalue weighted by Gasteiger charge is -2.13. The monoisotopic (exact) mass is 486 g/mol. The summed E-state index contributed by atoms with van der Waals surface area (Å²) in [5.41, 5.74) is 1.18. The van der Waals surface area contributed by atoms with Gasteiger partial charge in [-0.15, -0.1) is 11.3 Å². The fraction of sp³-hybridized carbons (Fsp3) is 0.0833. The van der Waals surface area contributed by atoms with Crippen LogP contribution in [-0.2, 0) is 6.61 Å². The summed E-state index contributed by atoms with van der Waals surface area (Å²) in [5.74, 6) is -0.696. The van der Waals surface area contributed by atoms with E-state index in [9.17, 15) is 13.6 Å². The molecule has 4 rings (SSSR count).